The molecular weight excluding hydrogens is 213 g/mol. The van der Waals surface area contributed by atoms with E-state index in [1.165, 1.54) is 0 Å². The molecular formula is C9H15F3O3. The number of carbonyl (C=O) groups excluding carboxylic acids is 1. The fraction of sp³-hybridized carbons (Fsp3) is 0.889. The maximum Gasteiger partial charge on any atom is 0.389 e. The fourth-order valence-electron chi connectivity index (χ4n) is 0.637. The van der Waals surface area contributed by atoms with Crippen LogP contribution in [0.3, 0.4) is 0 Å². The van der Waals surface area contributed by atoms with Crippen LogP contribution in [0.5, 0.6) is 0 Å². The van der Waals surface area contributed by atoms with Crippen LogP contribution < -0.4 is 0 Å². The standard InChI is InChI=1S/C9H15F3O3/c1-8(2,5-13)6-15-7(14)3-4-9(10,11)12/h13H,3-6H2,1-2H3. The average Bonchev–Trinajstić information content (AvgIpc) is 2.10. The van der Waals surface area contributed by atoms with Crippen molar-refractivity contribution in [1.82, 2.24) is 0 Å². The molecule has 1 N–H and O–H groups in total. The van der Waals surface area contributed by atoms with E-state index in [0.29, 0.717) is 0 Å². The number of ether oxygens (including phenoxy) is 1. The average molecular weight is 228 g/mol. The molecule has 0 aliphatic heterocycles. The van der Waals surface area contributed by atoms with Crippen molar-refractivity contribution in [3.63, 3.8) is 0 Å². The minimum absolute atomic E-state index is 0.0831. The molecule has 15 heavy (non-hydrogen) atoms. The smallest absolute Gasteiger partial charge is 0.389 e. The largest absolute Gasteiger partial charge is 0.465 e. The molecule has 0 bridgehead atoms. The zero-order valence-corrected chi connectivity index (χ0v) is 8.73. The predicted molar refractivity (Wildman–Crippen MR) is 47.1 cm³/mol. The molecule has 0 fully saturated rings. The van der Waals surface area contributed by atoms with Gasteiger partial charge in [0.25, 0.3) is 0 Å². The van der Waals surface area contributed by atoms with Crippen molar-refractivity contribution >= 4 is 5.97 Å². The van der Waals surface area contributed by atoms with E-state index in [9.17, 15) is 18.0 Å². The highest BCUT2D eigenvalue weighted by Crippen LogP contribution is 2.22. The summed E-state index contributed by atoms with van der Waals surface area (Å²) >= 11 is 0. The number of carbonyl (C=O) groups is 1. The van der Waals surface area contributed by atoms with Gasteiger partial charge in [-0.1, -0.05) is 13.8 Å². The first kappa shape index (κ1) is 14.2. The molecule has 0 radical (unpaired) electrons. The van der Waals surface area contributed by atoms with Crippen molar-refractivity contribution in [2.75, 3.05) is 13.2 Å². The number of hydrogen-bond acceptors (Lipinski definition) is 3. The number of halogens is 3. The topological polar surface area (TPSA) is 46.5 Å². The molecule has 0 aromatic carbocycles. The number of hydrogen-bond donors (Lipinski definition) is 1. The Morgan fingerprint density at radius 3 is 2.27 bits per heavy atom. The number of aliphatic hydroxyl groups is 1. The van der Waals surface area contributed by atoms with Gasteiger partial charge in [0.1, 0.15) is 0 Å². The minimum atomic E-state index is -4.34. The first-order valence-electron chi connectivity index (χ1n) is 4.49. The van der Waals surface area contributed by atoms with Gasteiger partial charge in [-0.05, 0) is 0 Å². The maximum atomic E-state index is 11.7. The molecule has 0 rings (SSSR count). The number of aliphatic hydroxyl groups excluding tert-OH is 1. The summed E-state index contributed by atoms with van der Waals surface area (Å²) in [7, 11) is 0. The highest BCUT2D eigenvalue weighted by Gasteiger charge is 2.28. The van der Waals surface area contributed by atoms with E-state index >= 15 is 0 Å². The summed E-state index contributed by atoms with van der Waals surface area (Å²) in [6.07, 6.45) is -6.19. The number of esters is 1. The summed E-state index contributed by atoms with van der Waals surface area (Å²) in [6, 6.07) is 0. The Morgan fingerprint density at radius 1 is 1.33 bits per heavy atom. The first-order chi connectivity index (χ1) is 6.66. The van der Waals surface area contributed by atoms with Crippen LogP contribution in [0.4, 0.5) is 13.2 Å². The van der Waals surface area contributed by atoms with E-state index in [0.717, 1.165) is 0 Å². The lowest BCUT2D eigenvalue weighted by Gasteiger charge is -2.20. The Bertz CT molecular complexity index is 211. The van der Waals surface area contributed by atoms with Gasteiger partial charge < -0.3 is 9.84 Å². The molecule has 0 saturated heterocycles. The van der Waals surface area contributed by atoms with E-state index < -0.39 is 30.4 Å². The molecule has 6 heteroatoms. The lowest BCUT2D eigenvalue weighted by atomic mass is 9.97. The first-order valence-corrected chi connectivity index (χ1v) is 4.49. The van der Waals surface area contributed by atoms with Gasteiger partial charge in [0, 0.05) is 5.41 Å². The van der Waals surface area contributed by atoms with Crippen LogP contribution in [0, 0.1) is 5.41 Å². The van der Waals surface area contributed by atoms with Gasteiger partial charge >= 0.3 is 12.1 Å². The van der Waals surface area contributed by atoms with Crippen LogP contribution in [-0.2, 0) is 9.53 Å². The molecule has 0 aromatic heterocycles. The Labute approximate surface area is 86.2 Å². The Kier molecular flexibility index (Phi) is 5.07. The van der Waals surface area contributed by atoms with Crippen LogP contribution in [0.25, 0.3) is 0 Å². The van der Waals surface area contributed by atoms with Gasteiger partial charge in [-0.3, -0.25) is 4.79 Å². The monoisotopic (exact) mass is 228 g/mol. The summed E-state index contributed by atoms with van der Waals surface area (Å²) in [5.74, 6) is -0.895. The third-order valence-electron chi connectivity index (χ3n) is 1.66. The number of alkyl halides is 3. The third kappa shape index (κ3) is 8.23. The molecule has 0 unspecified atom stereocenters. The normalized spacial score (nSPS) is 12.7. The maximum absolute atomic E-state index is 11.7. The molecule has 0 spiro atoms. The SMILES string of the molecule is CC(C)(CO)COC(=O)CCC(F)(F)F. The second kappa shape index (κ2) is 5.34. The molecule has 0 heterocycles. The summed E-state index contributed by atoms with van der Waals surface area (Å²) in [5, 5.41) is 8.79. The van der Waals surface area contributed by atoms with Crippen molar-refractivity contribution in [1.29, 1.82) is 0 Å². The number of rotatable bonds is 5. The van der Waals surface area contributed by atoms with Crippen LogP contribution >= 0.6 is 0 Å². The van der Waals surface area contributed by atoms with Crippen molar-refractivity contribution in [2.45, 2.75) is 32.9 Å². The van der Waals surface area contributed by atoms with Crippen LogP contribution in [-0.4, -0.2) is 30.5 Å². The molecule has 0 saturated carbocycles. The van der Waals surface area contributed by atoms with Crippen LogP contribution in [0.1, 0.15) is 26.7 Å². The van der Waals surface area contributed by atoms with Crippen molar-refractivity contribution in [3.05, 3.63) is 0 Å². The van der Waals surface area contributed by atoms with E-state index in [1.54, 1.807) is 13.8 Å². The Hall–Kier alpha value is -0.780. The molecule has 0 aliphatic carbocycles. The van der Waals surface area contributed by atoms with Crippen LogP contribution in [0.2, 0.25) is 0 Å². The minimum Gasteiger partial charge on any atom is -0.465 e. The molecule has 0 aromatic rings. The highest BCUT2D eigenvalue weighted by atomic mass is 19.4. The lowest BCUT2D eigenvalue weighted by Crippen LogP contribution is -2.26. The quantitative estimate of drug-likeness (QED) is 0.731. The van der Waals surface area contributed by atoms with Crippen molar-refractivity contribution in [3.8, 4) is 0 Å². The predicted octanol–water partition coefficient (Wildman–Crippen LogP) is 1.89. The van der Waals surface area contributed by atoms with E-state index in [2.05, 4.69) is 4.74 Å². The second-order valence-electron chi connectivity index (χ2n) is 4.10. The van der Waals surface area contributed by atoms with E-state index in [-0.39, 0.29) is 13.2 Å². The summed E-state index contributed by atoms with van der Waals surface area (Å²) in [6.45, 7) is 3.01. The molecule has 0 amide bonds. The van der Waals surface area contributed by atoms with Crippen molar-refractivity contribution < 1.29 is 27.8 Å². The van der Waals surface area contributed by atoms with Crippen molar-refractivity contribution in [2.24, 2.45) is 5.41 Å². The fourth-order valence-corrected chi connectivity index (χ4v) is 0.637. The molecule has 0 aliphatic rings. The van der Waals surface area contributed by atoms with E-state index in [1.807, 2.05) is 0 Å². The molecule has 0 atom stereocenters. The van der Waals surface area contributed by atoms with Gasteiger partial charge in [-0.15, -0.1) is 0 Å². The zero-order valence-electron chi connectivity index (χ0n) is 8.73. The lowest BCUT2D eigenvalue weighted by molar-refractivity contribution is -0.159. The molecule has 90 valence electrons. The highest BCUT2D eigenvalue weighted by molar-refractivity contribution is 5.69. The van der Waals surface area contributed by atoms with Gasteiger partial charge in [0.05, 0.1) is 26.1 Å². The molecule has 3 nitrogen and oxygen atoms in total. The Morgan fingerprint density at radius 2 is 1.87 bits per heavy atom. The van der Waals surface area contributed by atoms with Gasteiger partial charge in [-0.25, -0.2) is 0 Å². The van der Waals surface area contributed by atoms with Gasteiger partial charge in [-0.2, -0.15) is 13.2 Å². The van der Waals surface area contributed by atoms with Crippen LogP contribution in [0.15, 0.2) is 0 Å². The second-order valence-corrected chi connectivity index (χ2v) is 4.10. The summed E-state index contributed by atoms with van der Waals surface area (Å²) in [5.41, 5.74) is -0.617. The summed E-state index contributed by atoms with van der Waals surface area (Å²) < 4.78 is 39.7. The summed E-state index contributed by atoms with van der Waals surface area (Å²) in [4.78, 5) is 10.8. The Balaban J connectivity index is 3.77. The van der Waals surface area contributed by atoms with Gasteiger partial charge in [0.15, 0.2) is 0 Å². The zero-order chi connectivity index (χ0) is 12.1. The van der Waals surface area contributed by atoms with E-state index in [4.69, 9.17) is 5.11 Å². The third-order valence-corrected chi connectivity index (χ3v) is 1.66. The van der Waals surface area contributed by atoms with Gasteiger partial charge in [0.2, 0.25) is 0 Å².